The summed E-state index contributed by atoms with van der Waals surface area (Å²) in [6.45, 7) is 8.09. The highest BCUT2D eigenvalue weighted by atomic mass is 35.5. The van der Waals surface area contributed by atoms with Crippen LogP contribution in [0.15, 0.2) is 24.3 Å². The van der Waals surface area contributed by atoms with Crippen molar-refractivity contribution in [1.29, 1.82) is 0 Å². The molecule has 19 heavy (non-hydrogen) atoms. The lowest BCUT2D eigenvalue weighted by Crippen LogP contribution is -2.43. The first-order valence-electron chi connectivity index (χ1n) is 7.31. The maximum Gasteiger partial charge on any atom is 0.0731 e. The summed E-state index contributed by atoms with van der Waals surface area (Å²) in [6, 6.07) is 8.39. The van der Waals surface area contributed by atoms with Gasteiger partial charge in [0.25, 0.3) is 0 Å². The van der Waals surface area contributed by atoms with Crippen molar-refractivity contribution in [2.45, 2.75) is 52.2 Å². The number of hydrogen-bond acceptors (Lipinski definition) is 2. The summed E-state index contributed by atoms with van der Waals surface area (Å²) in [6.07, 6.45) is 3.38. The highest BCUT2D eigenvalue weighted by molar-refractivity contribution is 6.31. The van der Waals surface area contributed by atoms with Gasteiger partial charge in [0, 0.05) is 17.7 Å². The fourth-order valence-corrected chi connectivity index (χ4v) is 2.61. The van der Waals surface area contributed by atoms with Crippen LogP contribution < -0.4 is 5.32 Å². The normalized spacial score (nSPS) is 14.3. The summed E-state index contributed by atoms with van der Waals surface area (Å²) in [4.78, 5) is 0. The van der Waals surface area contributed by atoms with E-state index in [0.29, 0.717) is 6.04 Å². The molecule has 0 aliphatic carbocycles. The van der Waals surface area contributed by atoms with Crippen molar-refractivity contribution in [3.05, 3.63) is 34.9 Å². The third kappa shape index (κ3) is 5.52. The predicted octanol–water partition coefficient (Wildman–Crippen LogP) is 4.07. The molecule has 0 fully saturated rings. The Hall–Kier alpha value is -0.570. The lowest BCUT2D eigenvalue weighted by Gasteiger charge is -2.28. The van der Waals surface area contributed by atoms with E-state index in [1.165, 1.54) is 5.56 Å². The molecule has 0 saturated carbocycles. The molecular weight excluding hydrogens is 258 g/mol. The third-order valence-electron chi connectivity index (χ3n) is 3.27. The van der Waals surface area contributed by atoms with Crippen LogP contribution >= 0.6 is 11.6 Å². The van der Waals surface area contributed by atoms with Crippen molar-refractivity contribution in [1.82, 2.24) is 5.32 Å². The van der Waals surface area contributed by atoms with Crippen molar-refractivity contribution in [3.8, 4) is 0 Å². The molecule has 0 aliphatic rings. The van der Waals surface area contributed by atoms with E-state index in [9.17, 15) is 0 Å². The fourth-order valence-electron chi connectivity index (χ4n) is 2.40. The summed E-state index contributed by atoms with van der Waals surface area (Å²) >= 11 is 6.26. The molecule has 0 aromatic heterocycles. The smallest absolute Gasteiger partial charge is 0.0731 e. The standard InChI is InChI=1S/C16H26ClNO/c1-4-9-16(19-6-3)15(18-5-2)12-13-10-7-8-11-14(13)17/h7-8,10-11,15-16,18H,4-6,9,12H2,1-3H3. The van der Waals surface area contributed by atoms with E-state index in [0.717, 1.165) is 37.4 Å². The van der Waals surface area contributed by atoms with Crippen LogP contribution in [-0.4, -0.2) is 25.3 Å². The quantitative estimate of drug-likeness (QED) is 0.738. The Morgan fingerprint density at radius 3 is 2.53 bits per heavy atom. The molecule has 1 aromatic rings. The zero-order valence-corrected chi connectivity index (χ0v) is 13.0. The monoisotopic (exact) mass is 283 g/mol. The molecule has 0 amide bonds. The van der Waals surface area contributed by atoms with Gasteiger partial charge in [0.05, 0.1) is 6.10 Å². The van der Waals surface area contributed by atoms with E-state index in [-0.39, 0.29) is 6.10 Å². The molecule has 0 heterocycles. The Labute approximate surface area is 122 Å². The topological polar surface area (TPSA) is 21.3 Å². The summed E-state index contributed by atoms with van der Waals surface area (Å²) in [5.41, 5.74) is 1.19. The lowest BCUT2D eigenvalue weighted by molar-refractivity contribution is 0.0286. The average molecular weight is 284 g/mol. The van der Waals surface area contributed by atoms with E-state index < -0.39 is 0 Å². The Bertz CT molecular complexity index is 350. The molecule has 3 heteroatoms. The van der Waals surface area contributed by atoms with Crippen LogP contribution in [0.25, 0.3) is 0 Å². The van der Waals surface area contributed by atoms with E-state index >= 15 is 0 Å². The molecule has 2 atom stereocenters. The number of hydrogen-bond donors (Lipinski definition) is 1. The van der Waals surface area contributed by atoms with E-state index in [4.69, 9.17) is 16.3 Å². The first-order chi connectivity index (χ1) is 9.22. The minimum Gasteiger partial charge on any atom is -0.377 e. The SMILES string of the molecule is CCCC(OCC)C(Cc1ccccc1Cl)NCC. The molecule has 0 radical (unpaired) electrons. The van der Waals surface area contributed by atoms with E-state index in [2.05, 4.69) is 32.2 Å². The van der Waals surface area contributed by atoms with Gasteiger partial charge < -0.3 is 10.1 Å². The summed E-state index contributed by atoms with van der Waals surface area (Å²) in [7, 11) is 0. The Morgan fingerprint density at radius 2 is 1.95 bits per heavy atom. The zero-order chi connectivity index (χ0) is 14.1. The van der Waals surface area contributed by atoms with Crippen LogP contribution in [0.5, 0.6) is 0 Å². The zero-order valence-electron chi connectivity index (χ0n) is 12.3. The Morgan fingerprint density at radius 1 is 1.21 bits per heavy atom. The number of likely N-dealkylation sites (N-methyl/N-ethyl adjacent to an activating group) is 1. The van der Waals surface area contributed by atoms with Gasteiger partial charge in [-0.25, -0.2) is 0 Å². The van der Waals surface area contributed by atoms with Crippen LogP contribution in [0, 0.1) is 0 Å². The number of nitrogens with one attached hydrogen (secondary N) is 1. The number of halogens is 1. The van der Waals surface area contributed by atoms with E-state index in [1.54, 1.807) is 0 Å². The van der Waals surface area contributed by atoms with Gasteiger partial charge in [-0.2, -0.15) is 0 Å². The number of benzene rings is 1. The molecule has 1 N–H and O–H groups in total. The van der Waals surface area contributed by atoms with Gasteiger partial charge in [-0.3, -0.25) is 0 Å². The Balaban J connectivity index is 2.77. The van der Waals surface area contributed by atoms with Crippen molar-refractivity contribution < 1.29 is 4.74 Å². The second-order valence-corrected chi connectivity index (χ2v) is 5.15. The second-order valence-electron chi connectivity index (χ2n) is 4.74. The van der Waals surface area contributed by atoms with Crippen LogP contribution in [0.2, 0.25) is 5.02 Å². The molecule has 2 nitrogen and oxygen atoms in total. The van der Waals surface area contributed by atoms with Crippen LogP contribution in [0.4, 0.5) is 0 Å². The highest BCUT2D eigenvalue weighted by Crippen LogP contribution is 2.19. The summed E-state index contributed by atoms with van der Waals surface area (Å²) in [5, 5.41) is 4.39. The number of rotatable bonds is 9. The first-order valence-corrected chi connectivity index (χ1v) is 7.69. The summed E-state index contributed by atoms with van der Waals surface area (Å²) in [5.74, 6) is 0. The maximum absolute atomic E-state index is 6.26. The Kier molecular flexibility index (Phi) is 8.11. The van der Waals surface area contributed by atoms with Crippen molar-refractivity contribution >= 4 is 11.6 Å². The molecule has 0 saturated heterocycles. The third-order valence-corrected chi connectivity index (χ3v) is 3.64. The summed E-state index contributed by atoms with van der Waals surface area (Å²) < 4.78 is 5.90. The van der Waals surface area contributed by atoms with Gasteiger partial charge in [-0.05, 0) is 37.9 Å². The lowest BCUT2D eigenvalue weighted by atomic mass is 9.98. The minimum atomic E-state index is 0.256. The van der Waals surface area contributed by atoms with Crippen LogP contribution in [0.3, 0.4) is 0 Å². The van der Waals surface area contributed by atoms with Gasteiger partial charge in [-0.15, -0.1) is 0 Å². The predicted molar refractivity (Wildman–Crippen MR) is 82.9 cm³/mol. The van der Waals surface area contributed by atoms with Crippen molar-refractivity contribution in [3.63, 3.8) is 0 Å². The molecule has 0 spiro atoms. The molecule has 0 bridgehead atoms. The first kappa shape index (κ1) is 16.5. The largest absolute Gasteiger partial charge is 0.377 e. The van der Waals surface area contributed by atoms with Gasteiger partial charge in [0.1, 0.15) is 0 Å². The minimum absolute atomic E-state index is 0.256. The van der Waals surface area contributed by atoms with Gasteiger partial charge in [0.2, 0.25) is 0 Å². The maximum atomic E-state index is 6.26. The molecule has 0 aliphatic heterocycles. The van der Waals surface area contributed by atoms with E-state index in [1.807, 2.05) is 18.2 Å². The number of ether oxygens (including phenoxy) is 1. The highest BCUT2D eigenvalue weighted by Gasteiger charge is 2.21. The van der Waals surface area contributed by atoms with Crippen LogP contribution in [0.1, 0.15) is 39.2 Å². The van der Waals surface area contributed by atoms with Crippen molar-refractivity contribution in [2.75, 3.05) is 13.2 Å². The van der Waals surface area contributed by atoms with Gasteiger partial charge in [0.15, 0.2) is 0 Å². The molecule has 108 valence electrons. The fraction of sp³-hybridized carbons (Fsp3) is 0.625. The van der Waals surface area contributed by atoms with Gasteiger partial charge >= 0.3 is 0 Å². The van der Waals surface area contributed by atoms with Crippen LogP contribution in [-0.2, 0) is 11.2 Å². The molecule has 1 aromatic carbocycles. The molecular formula is C16H26ClNO. The molecule has 2 unspecified atom stereocenters. The average Bonchev–Trinajstić information content (AvgIpc) is 2.40. The molecule has 1 rings (SSSR count). The van der Waals surface area contributed by atoms with Gasteiger partial charge in [-0.1, -0.05) is 50.1 Å². The van der Waals surface area contributed by atoms with Crippen molar-refractivity contribution in [2.24, 2.45) is 0 Å². The second kappa shape index (κ2) is 9.35.